The van der Waals surface area contributed by atoms with Crippen LogP contribution in [0.15, 0.2) is 36.5 Å². The van der Waals surface area contributed by atoms with Crippen LogP contribution >= 0.6 is 0 Å². The molecule has 0 atom stereocenters. The number of benzene rings is 1. The van der Waals surface area contributed by atoms with Crippen molar-refractivity contribution in [1.82, 2.24) is 20.2 Å². The van der Waals surface area contributed by atoms with E-state index in [4.69, 9.17) is 9.47 Å². The summed E-state index contributed by atoms with van der Waals surface area (Å²) in [5, 5.41) is 9.36. The maximum Gasteiger partial charge on any atom is 0.417 e. The molecule has 1 aliphatic rings. The van der Waals surface area contributed by atoms with Crippen LogP contribution in [-0.4, -0.2) is 46.4 Å². The number of rotatable bonds is 10. The van der Waals surface area contributed by atoms with Gasteiger partial charge in [0.1, 0.15) is 17.4 Å². The fourth-order valence-corrected chi connectivity index (χ4v) is 4.31. The van der Waals surface area contributed by atoms with Gasteiger partial charge in [0.2, 0.25) is 5.82 Å². The molecule has 0 spiro atoms. The zero-order chi connectivity index (χ0) is 25.5. The number of nitrogens with zero attached hydrogens (tertiary/aromatic N) is 3. The second-order valence-corrected chi connectivity index (χ2v) is 8.74. The van der Waals surface area contributed by atoms with Crippen molar-refractivity contribution < 1.29 is 27.4 Å². The number of anilines is 1. The molecule has 0 aliphatic heterocycles. The van der Waals surface area contributed by atoms with Crippen LogP contribution in [0.2, 0.25) is 0 Å². The van der Waals surface area contributed by atoms with Crippen molar-refractivity contribution in [3.63, 3.8) is 0 Å². The number of hydrogen-bond acceptors (Lipinski definition) is 6. The number of aromatic amines is 1. The normalized spacial score (nSPS) is 14.2. The van der Waals surface area contributed by atoms with Crippen molar-refractivity contribution in [3.8, 4) is 16.9 Å². The number of carbonyl (C=O) groups excluding carboxylic acids is 1. The molecule has 4 rings (SSSR count). The fraction of sp³-hybridized carbons (Fsp3) is 0.440. The molecule has 0 bridgehead atoms. The number of halogens is 3. The minimum absolute atomic E-state index is 0.0439. The predicted molar refractivity (Wildman–Crippen MR) is 127 cm³/mol. The van der Waals surface area contributed by atoms with E-state index in [-0.39, 0.29) is 22.8 Å². The first-order valence-corrected chi connectivity index (χ1v) is 11.9. The Morgan fingerprint density at radius 1 is 1.17 bits per heavy atom. The molecule has 3 aromatic rings. The highest BCUT2D eigenvalue weighted by Crippen LogP contribution is 2.39. The number of pyridine rings is 1. The number of hydrogen-bond donors (Lipinski definition) is 2. The maximum atomic E-state index is 13.7. The van der Waals surface area contributed by atoms with Crippen LogP contribution in [0.1, 0.15) is 54.1 Å². The molecule has 2 heterocycles. The van der Waals surface area contributed by atoms with Crippen molar-refractivity contribution in [2.24, 2.45) is 5.92 Å². The smallest absolute Gasteiger partial charge is 0.417 e. The Morgan fingerprint density at radius 3 is 2.72 bits per heavy atom. The van der Waals surface area contributed by atoms with E-state index in [9.17, 15) is 18.0 Å². The van der Waals surface area contributed by atoms with Gasteiger partial charge < -0.3 is 14.8 Å². The van der Waals surface area contributed by atoms with E-state index in [0.717, 1.165) is 25.3 Å². The van der Waals surface area contributed by atoms with Gasteiger partial charge in [0.15, 0.2) is 0 Å². The van der Waals surface area contributed by atoms with Crippen LogP contribution in [0.5, 0.6) is 5.75 Å². The van der Waals surface area contributed by atoms with E-state index < -0.39 is 17.6 Å². The lowest BCUT2D eigenvalue weighted by Gasteiger charge is -2.16. The Kier molecular flexibility index (Phi) is 8.19. The summed E-state index contributed by atoms with van der Waals surface area (Å²) in [6, 6.07) is 6.43. The molecule has 0 unspecified atom stereocenters. The van der Waals surface area contributed by atoms with E-state index in [2.05, 4.69) is 25.5 Å². The molecule has 192 valence electrons. The summed E-state index contributed by atoms with van der Waals surface area (Å²) in [4.78, 5) is 21.0. The van der Waals surface area contributed by atoms with Crippen molar-refractivity contribution in [3.05, 3.63) is 53.7 Å². The second kappa shape index (κ2) is 11.5. The Bertz CT molecular complexity index is 1180. The first kappa shape index (κ1) is 25.6. The summed E-state index contributed by atoms with van der Waals surface area (Å²) in [5.74, 6) is 0.921. The molecule has 1 aromatic carbocycles. The average Bonchev–Trinajstić information content (AvgIpc) is 3.54. The Labute approximate surface area is 206 Å². The molecule has 2 aromatic heterocycles. The number of methoxy groups -OCH3 is 1. The number of carbonyl (C=O) groups is 1. The van der Waals surface area contributed by atoms with Crippen LogP contribution in [0.3, 0.4) is 0 Å². The van der Waals surface area contributed by atoms with Crippen LogP contribution in [-0.2, 0) is 17.3 Å². The SMILES string of the molecule is COCCCOc1ccc(C(F)(F)F)c(-c2ccnc(NC(=O)c3n[nH]c(CC4CCCC4)n3)c2)c1. The molecule has 2 N–H and O–H groups in total. The number of aromatic nitrogens is 4. The Morgan fingerprint density at radius 2 is 1.97 bits per heavy atom. The summed E-state index contributed by atoms with van der Waals surface area (Å²) < 4.78 is 51.8. The Balaban J connectivity index is 1.51. The topological polar surface area (TPSA) is 102 Å². The van der Waals surface area contributed by atoms with Crippen LogP contribution in [0, 0.1) is 5.92 Å². The van der Waals surface area contributed by atoms with E-state index in [1.54, 1.807) is 7.11 Å². The highest BCUT2D eigenvalue weighted by Gasteiger charge is 2.34. The number of alkyl halides is 3. The van der Waals surface area contributed by atoms with Gasteiger partial charge >= 0.3 is 6.18 Å². The molecule has 8 nitrogen and oxygen atoms in total. The van der Waals surface area contributed by atoms with Gasteiger partial charge in [0, 0.05) is 32.8 Å². The van der Waals surface area contributed by atoms with Gasteiger partial charge in [-0.25, -0.2) is 9.97 Å². The lowest BCUT2D eigenvalue weighted by atomic mass is 9.99. The molecule has 0 radical (unpaired) electrons. The lowest BCUT2D eigenvalue weighted by Crippen LogP contribution is -2.15. The van der Waals surface area contributed by atoms with Crippen LogP contribution < -0.4 is 10.1 Å². The van der Waals surface area contributed by atoms with Gasteiger partial charge in [-0.1, -0.05) is 25.7 Å². The van der Waals surface area contributed by atoms with Gasteiger partial charge in [-0.05, 0) is 47.4 Å². The average molecular weight is 504 g/mol. The lowest BCUT2D eigenvalue weighted by molar-refractivity contribution is -0.137. The monoisotopic (exact) mass is 503 g/mol. The molecule has 36 heavy (non-hydrogen) atoms. The fourth-order valence-electron chi connectivity index (χ4n) is 4.31. The maximum absolute atomic E-state index is 13.7. The summed E-state index contributed by atoms with van der Waals surface area (Å²) in [5.41, 5.74) is -0.672. The van der Waals surface area contributed by atoms with Crippen molar-refractivity contribution >= 4 is 11.7 Å². The molecule has 0 saturated heterocycles. The minimum atomic E-state index is -4.58. The third kappa shape index (κ3) is 6.60. The van der Waals surface area contributed by atoms with Gasteiger partial charge in [-0.2, -0.15) is 13.2 Å². The Hall–Kier alpha value is -3.47. The van der Waals surface area contributed by atoms with E-state index in [0.29, 0.717) is 37.1 Å². The first-order valence-electron chi connectivity index (χ1n) is 11.9. The highest BCUT2D eigenvalue weighted by molar-refractivity contribution is 6.01. The van der Waals surface area contributed by atoms with Crippen LogP contribution in [0.25, 0.3) is 11.1 Å². The van der Waals surface area contributed by atoms with Crippen molar-refractivity contribution in [1.29, 1.82) is 0 Å². The van der Waals surface area contributed by atoms with E-state index in [1.165, 1.54) is 43.3 Å². The quantitative estimate of drug-likeness (QED) is 0.365. The first-order chi connectivity index (χ1) is 17.3. The zero-order valence-corrected chi connectivity index (χ0v) is 19.9. The molecular weight excluding hydrogens is 475 g/mol. The van der Waals surface area contributed by atoms with Gasteiger partial charge in [-0.3, -0.25) is 9.89 Å². The number of H-pyrrole nitrogens is 1. The van der Waals surface area contributed by atoms with E-state index in [1.807, 2.05) is 0 Å². The third-order valence-corrected chi connectivity index (χ3v) is 6.06. The molecule has 11 heteroatoms. The van der Waals surface area contributed by atoms with Gasteiger partial charge in [0.25, 0.3) is 5.91 Å². The van der Waals surface area contributed by atoms with Crippen molar-refractivity contribution in [2.75, 3.05) is 25.6 Å². The summed E-state index contributed by atoms with van der Waals surface area (Å²) in [6.07, 6.45) is 2.77. The summed E-state index contributed by atoms with van der Waals surface area (Å²) in [7, 11) is 1.56. The highest BCUT2D eigenvalue weighted by atomic mass is 19.4. The summed E-state index contributed by atoms with van der Waals surface area (Å²) >= 11 is 0. The molecule has 1 aliphatic carbocycles. The predicted octanol–water partition coefficient (Wildman–Crippen LogP) is 5.29. The van der Waals surface area contributed by atoms with Crippen LogP contribution in [0.4, 0.5) is 19.0 Å². The molecule has 1 fully saturated rings. The zero-order valence-electron chi connectivity index (χ0n) is 19.9. The van der Waals surface area contributed by atoms with Gasteiger partial charge in [-0.15, -0.1) is 5.10 Å². The number of nitrogens with one attached hydrogen (secondary N) is 2. The van der Waals surface area contributed by atoms with E-state index >= 15 is 0 Å². The molecule has 1 saturated carbocycles. The minimum Gasteiger partial charge on any atom is -0.493 e. The molecular formula is C25H28F3N5O3. The van der Waals surface area contributed by atoms with Gasteiger partial charge in [0.05, 0.1) is 12.2 Å². The molecule has 1 amide bonds. The largest absolute Gasteiger partial charge is 0.493 e. The van der Waals surface area contributed by atoms with Crippen molar-refractivity contribution in [2.45, 2.75) is 44.7 Å². The standard InChI is InChI=1S/C25H28F3N5O3/c1-35-11-4-12-36-18-7-8-20(25(26,27)28)19(15-18)17-9-10-29-21(14-17)31-24(34)23-30-22(32-33-23)13-16-5-2-3-6-16/h7-10,14-16H,2-6,11-13H2,1H3,(H,29,31,34)(H,30,32,33). The third-order valence-electron chi connectivity index (χ3n) is 6.06. The summed E-state index contributed by atoms with van der Waals surface area (Å²) in [6.45, 7) is 0.781. The second-order valence-electron chi connectivity index (χ2n) is 8.74. The number of amides is 1. The number of ether oxygens (including phenoxy) is 2.